The number of fused-ring (bicyclic) bond motifs is 1. The highest BCUT2D eigenvalue weighted by molar-refractivity contribution is 7.89. The lowest BCUT2D eigenvalue weighted by molar-refractivity contribution is -0.145. The molecule has 2 amide bonds. The number of rotatable bonds is 11. The van der Waals surface area contributed by atoms with Crippen LogP contribution in [0.25, 0.3) is 10.8 Å². The topological polar surface area (TPSA) is 175 Å². The molecule has 0 bridgehead atoms. The number of nitrogen functional groups attached to an aromatic ring is 1. The molecule has 0 aromatic heterocycles. The number of carbonyl (C=O) groups is 3. The summed E-state index contributed by atoms with van der Waals surface area (Å²) in [5, 5.41) is 11.6. The number of hydrogen-bond donors (Lipinski definition) is 4. The van der Waals surface area contributed by atoms with Gasteiger partial charge in [0.2, 0.25) is 21.8 Å². The molecule has 1 aliphatic heterocycles. The number of anilines is 1. The number of carbonyl (C=O) groups excluding carboxylic acids is 3. The lowest BCUT2D eigenvalue weighted by atomic mass is 10.1. The largest absolute Gasteiger partial charge is 0.465 e. The third-order valence-corrected chi connectivity index (χ3v) is 8.07. The van der Waals surface area contributed by atoms with Gasteiger partial charge in [0.15, 0.2) is 0 Å². The molecule has 4 rings (SSSR count). The van der Waals surface area contributed by atoms with E-state index in [0.29, 0.717) is 17.5 Å². The molecule has 0 aliphatic carbocycles. The van der Waals surface area contributed by atoms with Crippen molar-refractivity contribution >= 4 is 50.1 Å². The summed E-state index contributed by atoms with van der Waals surface area (Å²) < 4.78 is 33.5. The van der Waals surface area contributed by atoms with Crippen molar-refractivity contribution in [1.82, 2.24) is 14.9 Å². The van der Waals surface area contributed by atoms with Crippen LogP contribution >= 0.6 is 0 Å². The van der Waals surface area contributed by atoms with Crippen molar-refractivity contribution in [2.24, 2.45) is 5.73 Å². The molecule has 0 spiro atoms. The van der Waals surface area contributed by atoms with Crippen LogP contribution in [0.4, 0.5) is 5.69 Å². The lowest BCUT2D eigenvalue weighted by Crippen LogP contribution is -2.54. The fourth-order valence-corrected chi connectivity index (χ4v) is 5.62. The number of hydrogen-bond acceptors (Lipinski definition) is 8. The Bertz CT molecular complexity index is 1560. The first-order valence-electron chi connectivity index (χ1n) is 13.0. The van der Waals surface area contributed by atoms with E-state index in [0.717, 1.165) is 11.1 Å². The first-order chi connectivity index (χ1) is 19.6. The molecule has 0 radical (unpaired) electrons. The molecule has 1 atom stereocenters. The molecule has 5 N–H and O–H groups in total. The zero-order valence-corrected chi connectivity index (χ0v) is 23.3. The van der Waals surface area contributed by atoms with E-state index in [-0.39, 0.29) is 49.4 Å². The number of ether oxygens (including phenoxy) is 1. The van der Waals surface area contributed by atoms with Gasteiger partial charge in [0.05, 0.1) is 24.6 Å². The highest BCUT2D eigenvalue weighted by Gasteiger charge is 2.29. The van der Waals surface area contributed by atoms with Crippen molar-refractivity contribution in [1.29, 1.82) is 5.41 Å². The molecule has 1 fully saturated rings. The maximum absolute atomic E-state index is 13.1. The van der Waals surface area contributed by atoms with Crippen LogP contribution in [-0.4, -0.2) is 82.3 Å². The molecular formula is C28H32N6O6S. The second kappa shape index (κ2) is 12.8. The quantitative estimate of drug-likeness (QED) is 0.146. The van der Waals surface area contributed by atoms with Crippen LogP contribution in [0.15, 0.2) is 71.6 Å². The Morgan fingerprint density at radius 1 is 1.05 bits per heavy atom. The Kier molecular flexibility index (Phi) is 9.20. The van der Waals surface area contributed by atoms with Gasteiger partial charge in [0.1, 0.15) is 11.9 Å². The zero-order chi connectivity index (χ0) is 29.6. The first kappa shape index (κ1) is 29.5. The summed E-state index contributed by atoms with van der Waals surface area (Å²) in [6, 6.07) is 17.5. The Morgan fingerprint density at radius 2 is 1.76 bits per heavy atom. The molecule has 216 valence electrons. The van der Waals surface area contributed by atoms with E-state index < -0.39 is 27.9 Å². The molecule has 1 aliphatic rings. The number of piperazine rings is 1. The third kappa shape index (κ3) is 7.38. The van der Waals surface area contributed by atoms with Gasteiger partial charge in [0.25, 0.3) is 0 Å². The maximum atomic E-state index is 13.1. The van der Waals surface area contributed by atoms with Gasteiger partial charge in [-0.15, -0.1) is 0 Å². The summed E-state index contributed by atoms with van der Waals surface area (Å²) in [4.78, 5) is 41.2. The Labute approximate surface area is 238 Å². The fourth-order valence-electron chi connectivity index (χ4n) is 4.40. The van der Waals surface area contributed by atoms with Crippen LogP contribution in [0.5, 0.6) is 0 Å². The number of nitrogens with two attached hydrogens (primary N) is 1. The third-order valence-electron chi connectivity index (χ3n) is 6.60. The highest BCUT2D eigenvalue weighted by atomic mass is 32.2. The van der Waals surface area contributed by atoms with Crippen LogP contribution in [0, 0.1) is 5.41 Å². The molecule has 1 saturated heterocycles. The Morgan fingerprint density at radius 3 is 2.41 bits per heavy atom. The molecule has 13 heteroatoms. The zero-order valence-electron chi connectivity index (χ0n) is 22.5. The smallest absolute Gasteiger partial charge is 0.326 e. The van der Waals surface area contributed by atoms with Gasteiger partial charge in [-0.05, 0) is 54.1 Å². The number of esters is 1. The number of nitrogens with zero attached hydrogens (tertiary/aromatic N) is 2. The van der Waals surface area contributed by atoms with Gasteiger partial charge in [-0.2, -0.15) is 4.72 Å². The van der Waals surface area contributed by atoms with Gasteiger partial charge < -0.3 is 25.6 Å². The average molecular weight is 581 g/mol. The molecule has 3 aromatic carbocycles. The van der Waals surface area contributed by atoms with E-state index in [2.05, 4.69) is 10.0 Å². The number of amides is 2. The average Bonchev–Trinajstić information content (AvgIpc) is 2.96. The highest BCUT2D eigenvalue weighted by Crippen LogP contribution is 2.20. The normalized spacial score (nSPS) is 14.5. The summed E-state index contributed by atoms with van der Waals surface area (Å²) in [7, 11) is -4.13. The number of amidine groups is 1. The van der Waals surface area contributed by atoms with E-state index in [1.54, 1.807) is 49.4 Å². The molecule has 3 aromatic rings. The monoisotopic (exact) mass is 580 g/mol. The minimum atomic E-state index is -4.13. The van der Waals surface area contributed by atoms with Crippen LogP contribution in [-0.2, 0) is 29.1 Å². The molecular weight excluding hydrogens is 548 g/mol. The lowest BCUT2D eigenvalue weighted by Gasteiger charge is -2.35. The summed E-state index contributed by atoms with van der Waals surface area (Å²) in [5.41, 5.74) is 6.86. The first-order valence-corrected chi connectivity index (χ1v) is 14.5. The van der Waals surface area contributed by atoms with Crippen LogP contribution in [0.1, 0.15) is 12.5 Å². The molecule has 0 saturated carbocycles. The van der Waals surface area contributed by atoms with Crippen molar-refractivity contribution in [3.8, 4) is 0 Å². The number of benzene rings is 3. The van der Waals surface area contributed by atoms with Gasteiger partial charge in [0, 0.05) is 30.9 Å². The van der Waals surface area contributed by atoms with E-state index in [4.69, 9.17) is 15.9 Å². The molecule has 0 unspecified atom stereocenters. The van der Waals surface area contributed by atoms with E-state index in [9.17, 15) is 22.8 Å². The van der Waals surface area contributed by atoms with Crippen molar-refractivity contribution < 1.29 is 27.5 Å². The van der Waals surface area contributed by atoms with Crippen LogP contribution in [0.2, 0.25) is 0 Å². The Balaban J connectivity index is 1.35. The number of nitrogens with one attached hydrogen (secondary N) is 3. The fraction of sp³-hybridized carbons (Fsp3) is 0.286. The molecule has 1 heterocycles. The van der Waals surface area contributed by atoms with Crippen molar-refractivity contribution in [2.75, 3.05) is 44.2 Å². The standard InChI is InChI=1S/C28H32N6O6S/c1-2-40-28(37)24(32-41(38,39)23-12-9-19-5-3-4-6-21(19)15-23)16-31-25(35)17-34-14-13-33(18-26(34)36)22-10-7-20(8-11-22)27(29)30/h3-12,15,24,32H,2,13-14,16-18H2,1H3,(H3,29,30)(H,31,35)/t24-/m0/s1. The Hall–Kier alpha value is -4.49. The second-order valence-electron chi connectivity index (χ2n) is 9.44. The maximum Gasteiger partial charge on any atom is 0.326 e. The SMILES string of the molecule is CCOC(=O)[C@H](CNC(=O)CN1CCN(c2ccc(C(=N)N)cc2)CC1=O)NS(=O)(=O)c1ccc2ccccc2c1. The molecule has 12 nitrogen and oxygen atoms in total. The summed E-state index contributed by atoms with van der Waals surface area (Å²) in [6.45, 7) is 1.84. The number of sulfonamides is 1. The van der Waals surface area contributed by atoms with E-state index in [1.807, 2.05) is 17.0 Å². The van der Waals surface area contributed by atoms with Gasteiger partial charge in [-0.3, -0.25) is 19.8 Å². The van der Waals surface area contributed by atoms with Gasteiger partial charge in [-0.1, -0.05) is 30.3 Å². The summed E-state index contributed by atoms with van der Waals surface area (Å²) in [6.07, 6.45) is 0. The van der Waals surface area contributed by atoms with E-state index in [1.165, 1.54) is 17.0 Å². The van der Waals surface area contributed by atoms with E-state index >= 15 is 0 Å². The second-order valence-corrected chi connectivity index (χ2v) is 11.2. The summed E-state index contributed by atoms with van der Waals surface area (Å²) >= 11 is 0. The summed E-state index contributed by atoms with van der Waals surface area (Å²) in [5.74, 6) is -1.69. The van der Waals surface area contributed by atoms with Crippen LogP contribution < -0.4 is 20.7 Å². The predicted octanol–water partition coefficient (Wildman–Crippen LogP) is 0.799. The van der Waals surface area contributed by atoms with Crippen molar-refractivity contribution in [2.45, 2.75) is 17.9 Å². The van der Waals surface area contributed by atoms with Crippen molar-refractivity contribution in [3.63, 3.8) is 0 Å². The minimum Gasteiger partial charge on any atom is -0.465 e. The van der Waals surface area contributed by atoms with Gasteiger partial charge >= 0.3 is 5.97 Å². The predicted molar refractivity (Wildman–Crippen MR) is 154 cm³/mol. The molecule has 41 heavy (non-hydrogen) atoms. The minimum absolute atomic E-state index is 0.0250. The van der Waals surface area contributed by atoms with Crippen molar-refractivity contribution in [3.05, 3.63) is 72.3 Å². The van der Waals surface area contributed by atoms with Gasteiger partial charge in [-0.25, -0.2) is 8.42 Å². The van der Waals surface area contributed by atoms with Crippen LogP contribution in [0.3, 0.4) is 0 Å².